The molecule has 0 aliphatic heterocycles. The standard InChI is InChI=1S/C18H23NO2/c1-19-18(13-20)11-5-8-15(12-18)21-17-10-4-7-14-6-2-3-9-16(14)17/h2-4,6-7,9-10,15,19-20H,5,8,11-13H2,1H3. The maximum absolute atomic E-state index is 9.68. The van der Waals surface area contributed by atoms with Crippen molar-refractivity contribution in [2.45, 2.75) is 37.3 Å². The van der Waals surface area contributed by atoms with Crippen molar-refractivity contribution in [2.24, 2.45) is 0 Å². The minimum Gasteiger partial charge on any atom is -0.490 e. The Kier molecular flexibility index (Phi) is 4.13. The zero-order valence-electron chi connectivity index (χ0n) is 12.5. The second-order valence-corrected chi connectivity index (χ2v) is 6.00. The molecule has 2 aromatic carbocycles. The summed E-state index contributed by atoms with van der Waals surface area (Å²) in [5.74, 6) is 0.947. The third-order valence-corrected chi connectivity index (χ3v) is 4.68. The zero-order chi connectivity index (χ0) is 14.7. The largest absolute Gasteiger partial charge is 0.490 e. The first-order valence-corrected chi connectivity index (χ1v) is 7.70. The quantitative estimate of drug-likeness (QED) is 0.907. The van der Waals surface area contributed by atoms with E-state index in [1.54, 1.807) is 0 Å². The van der Waals surface area contributed by atoms with Gasteiger partial charge in [0.15, 0.2) is 0 Å². The van der Waals surface area contributed by atoms with Crippen molar-refractivity contribution in [3.63, 3.8) is 0 Å². The van der Waals surface area contributed by atoms with E-state index in [2.05, 4.69) is 23.5 Å². The van der Waals surface area contributed by atoms with Crippen LogP contribution >= 0.6 is 0 Å². The second-order valence-electron chi connectivity index (χ2n) is 6.00. The molecule has 0 aromatic heterocycles. The van der Waals surface area contributed by atoms with Crippen LogP contribution in [-0.2, 0) is 0 Å². The van der Waals surface area contributed by atoms with E-state index in [4.69, 9.17) is 4.74 Å². The van der Waals surface area contributed by atoms with Crippen LogP contribution in [0.3, 0.4) is 0 Å². The van der Waals surface area contributed by atoms with Crippen LogP contribution in [-0.4, -0.2) is 30.4 Å². The fourth-order valence-corrected chi connectivity index (χ4v) is 3.34. The van der Waals surface area contributed by atoms with Gasteiger partial charge in [-0.25, -0.2) is 0 Å². The Morgan fingerprint density at radius 2 is 2.05 bits per heavy atom. The molecule has 0 amide bonds. The van der Waals surface area contributed by atoms with E-state index in [-0.39, 0.29) is 18.2 Å². The Hall–Kier alpha value is -1.58. The van der Waals surface area contributed by atoms with Gasteiger partial charge in [-0.1, -0.05) is 36.4 Å². The molecule has 3 heteroatoms. The highest BCUT2D eigenvalue weighted by Gasteiger charge is 2.35. The first-order chi connectivity index (χ1) is 10.3. The molecule has 2 N–H and O–H groups in total. The minimum atomic E-state index is -0.187. The summed E-state index contributed by atoms with van der Waals surface area (Å²) in [6.07, 6.45) is 4.14. The first kappa shape index (κ1) is 14.4. The van der Waals surface area contributed by atoms with Gasteiger partial charge in [-0.3, -0.25) is 0 Å². The number of benzene rings is 2. The topological polar surface area (TPSA) is 41.5 Å². The number of fused-ring (bicyclic) bond motifs is 1. The summed E-state index contributed by atoms with van der Waals surface area (Å²) in [6.45, 7) is 0.166. The zero-order valence-corrected chi connectivity index (χ0v) is 12.5. The molecule has 0 heterocycles. The minimum absolute atomic E-state index is 0.157. The van der Waals surface area contributed by atoms with E-state index in [0.29, 0.717) is 0 Å². The summed E-state index contributed by atoms with van der Waals surface area (Å²) in [6, 6.07) is 14.5. The molecule has 0 spiro atoms. The van der Waals surface area contributed by atoms with Crippen molar-refractivity contribution in [1.29, 1.82) is 0 Å². The molecule has 2 atom stereocenters. The SMILES string of the molecule is CNC1(CO)CCCC(Oc2cccc3ccccc23)C1. The summed E-state index contributed by atoms with van der Waals surface area (Å²) in [7, 11) is 1.93. The van der Waals surface area contributed by atoms with E-state index in [0.717, 1.165) is 36.8 Å². The number of nitrogens with one attached hydrogen (secondary N) is 1. The van der Waals surface area contributed by atoms with Crippen molar-refractivity contribution in [3.8, 4) is 5.75 Å². The number of ether oxygens (including phenoxy) is 1. The molecule has 3 nitrogen and oxygen atoms in total. The summed E-state index contributed by atoms with van der Waals surface area (Å²) >= 11 is 0. The van der Waals surface area contributed by atoms with E-state index >= 15 is 0 Å². The third kappa shape index (κ3) is 2.89. The van der Waals surface area contributed by atoms with E-state index in [1.807, 2.05) is 31.3 Å². The van der Waals surface area contributed by atoms with Crippen LogP contribution in [0.25, 0.3) is 10.8 Å². The molecule has 1 saturated carbocycles. The molecule has 2 aromatic rings. The number of rotatable bonds is 4. The maximum Gasteiger partial charge on any atom is 0.127 e. The third-order valence-electron chi connectivity index (χ3n) is 4.68. The average Bonchev–Trinajstić information content (AvgIpc) is 2.55. The molecule has 2 unspecified atom stereocenters. The van der Waals surface area contributed by atoms with Gasteiger partial charge in [0.05, 0.1) is 6.61 Å². The lowest BCUT2D eigenvalue weighted by Gasteiger charge is -2.39. The number of aliphatic hydroxyl groups is 1. The molecule has 0 radical (unpaired) electrons. The van der Waals surface area contributed by atoms with Gasteiger partial charge in [-0.2, -0.15) is 0 Å². The summed E-state index contributed by atoms with van der Waals surface area (Å²) in [5.41, 5.74) is -0.187. The predicted molar refractivity (Wildman–Crippen MR) is 85.7 cm³/mol. The molecule has 0 saturated heterocycles. The van der Waals surface area contributed by atoms with Crippen LogP contribution in [0, 0.1) is 0 Å². The fraction of sp³-hybridized carbons (Fsp3) is 0.444. The first-order valence-electron chi connectivity index (χ1n) is 7.70. The van der Waals surface area contributed by atoms with Gasteiger partial charge in [0.1, 0.15) is 11.9 Å². The molecule has 0 bridgehead atoms. The Morgan fingerprint density at radius 3 is 2.86 bits per heavy atom. The van der Waals surface area contributed by atoms with E-state index < -0.39 is 0 Å². The monoisotopic (exact) mass is 285 g/mol. The number of hydrogen-bond donors (Lipinski definition) is 2. The van der Waals surface area contributed by atoms with Gasteiger partial charge in [0.25, 0.3) is 0 Å². The molecule has 21 heavy (non-hydrogen) atoms. The lowest BCUT2D eigenvalue weighted by Crippen LogP contribution is -2.52. The predicted octanol–water partition coefficient (Wildman–Crippen LogP) is 3.11. The van der Waals surface area contributed by atoms with Gasteiger partial charge in [-0.05, 0) is 37.8 Å². The van der Waals surface area contributed by atoms with Crippen molar-refractivity contribution in [1.82, 2.24) is 5.32 Å². The Bertz CT molecular complexity index is 602. The van der Waals surface area contributed by atoms with Gasteiger partial charge in [-0.15, -0.1) is 0 Å². The lowest BCUT2D eigenvalue weighted by atomic mass is 9.80. The Morgan fingerprint density at radius 1 is 1.24 bits per heavy atom. The molecule has 1 fully saturated rings. The molecular weight excluding hydrogens is 262 g/mol. The van der Waals surface area contributed by atoms with Gasteiger partial charge in [0, 0.05) is 17.3 Å². The number of likely N-dealkylation sites (N-methyl/N-ethyl adjacent to an activating group) is 1. The van der Waals surface area contributed by atoms with Crippen LogP contribution in [0.2, 0.25) is 0 Å². The van der Waals surface area contributed by atoms with Gasteiger partial charge in [0.2, 0.25) is 0 Å². The van der Waals surface area contributed by atoms with E-state index in [1.165, 1.54) is 5.39 Å². The van der Waals surface area contributed by atoms with Crippen molar-refractivity contribution >= 4 is 10.8 Å². The molecule has 3 rings (SSSR count). The molecule has 1 aliphatic rings. The van der Waals surface area contributed by atoms with Crippen LogP contribution in [0.1, 0.15) is 25.7 Å². The van der Waals surface area contributed by atoms with Crippen molar-refractivity contribution in [3.05, 3.63) is 42.5 Å². The number of aliphatic hydroxyl groups excluding tert-OH is 1. The van der Waals surface area contributed by atoms with Crippen LogP contribution in [0.15, 0.2) is 42.5 Å². The highest BCUT2D eigenvalue weighted by molar-refractivity contribution is 5.88. The normalized spacial score (nSPS) is 25.9. The fourth-order valence-electron chi connectivity index (χ4n) is 3.34. The highest BCUT2D eigenvalue weighted by atomic mass is 16.5. The summed E-state index contributed by atoms with van der Waals surface area (Å²) in [5, 5.41) is 15.3. The Balaban J connectivity index is 1.82. The summed E-state index contributed by atoms with van der Waals surface area (Å²) < 4.78 is 6.28. The van der Waals surface area contributed by atoms with Gasteiger partial charge >= 0.3 is 0 Å². The lowest BCUT2D eigenvalue weighted by molar-refractivity contribution is 0.0562. The smallest absolute Gasteiger partial charge is 0.127 e. The second kappa shape index (κ2) is 6.04. The summed E-state index contributed by atoms with van der Waals surface area (Å²) in [4.78, 5) is 0. The van der Waals surface area contributed by atoms with Crippen LogP contribution < -0.4 is 10.1 Å². The highest BCUT2D eigenvalue weighted by Crippen LogP contribution is 2.33. The average molecular weight is 285 g/mol. The van der Waals surface area contributed by atoms with Gasteiger partial charge < -0.3 is 15.2 Å². The molecular formula is C18H23NO2. The van der Waals surface area contributed by atoms with E-state index in [9.17, 15) is 5.11 Å². The maximum atomic E-state index is 9.68. The van der Waals surface area contributed by atoms with Crippen LogP contribution in [0.4, 0.5) is 0 Å². The van der Waals surface area contributed by atoms with Crippen molar-refractivity contribution in [2.75, 3.05) is 13.7 Å². The molecule has 112 valence electrons. The Labute approximate surface area is 125 Å². The van der Waals surface area contributed by atoms with Crippen molar-refractivity contribution < 1.29 is 9.84 Å². The number of hydrogen-bond acceptors (Lipinski definition) is 3. The van der Waals surface area contributed by atoms with Crippen LogP contribution in [0.5, 0.6) is 5.75 Å². The molecule has 1 aliphatic carbocycles.